The average Bonchev–Trinajstić information content (AvgIpc) is 2.66. The van der Waals surface area contributed by atoms with Crippen molar-refractivity contribution >= 4 is 29.1 Å². The van der Waals surface area contributed by atoms with Crippen molar-refractivity contribution in [3.05, 3.63) is 52.3 Å². The second-order valence-corrected chi connectivity index (χ2v) is 4.07. The van der Waals surface area contributed by atoms with Crippen molar-refractivity contribution in [2.45, 2.75) is 0 Å². The first-order valence-corrected chi connectivity index (χ1v) is 5.28. The summed E-state index contributed by atoms with van der Waals surface area (Å²) in [6.07, 6.45) is 1.72. The van der Waals surface area contributed by atoms with Gasteiger partial charge in [0.25, 0.3) is 5.91 Å². The van der Waals surface area contributed by atoms with Crippen molar-refractivity contribution in [1.82, 2.24) is 4.57 Å². The molecule has 1 heterocycles. The Hall–Kier alpha value is -1.45. The molecule has 0 saturated heterocycles. The molecule has 0 unspecified atom stereocenters. The number of nitrogens with zero attached hydrogens (tertiary/aromatic N) is 1. The van der Waals surface area contributed by atoms with E-state index in [4.69, 9.17) is 28.9 Å². The Labute approximate surface area is 102 Å². The summed E-state index contributed by atoms with van der Waals surface area (Å²) in [6, 6.07) is 8.41. The molecule has 2 N–H and O–H groups in total. The van der Waals surface area contributed by atoms with E-state index >= 15 is 0 Å². The van der Waals surface area contributed by atoms with Gasteiger partial charge >= 0.3 is 0 Å². The number of primary amides is 1. The predicted octanol–water partition coefficient (Wildman–Crippen LogP) is 2.88. The highest BCUT2D eigenvalue weighted by molar-refractivity contribution is 6.35. The molecular formula is C11H8Cl2N2O. The van der Waals surface area contributed by atoms with Gasteiger partial charge in [0.1, 0.15) is 5.69 Å². The van der Waals surface area contributed by atoms with Crippen LogP contribution in [0.4, 0.5) is 0 Å². The number of nitrogens with two attached hydrogens (primary N) is 1. The Kier molecular flexibility index (Phi) is 2.90. The fourth-order valence-corrected chi connectivity index (χ4v) is 1.97. The van der Waals surface area contributed by atoms with Crippen molar-refractivity contribution < 1.29 is 4.79 Å². The van der Waals surface area contributed by atoms with Crippen LogP contribution in [-0.2, 0) is 0 Å². The number of hydrogen-bond donors (Lipinski definition) is 1. The molecule has 0 bridgehead atoms. The molecule has 0 atom stereocenters. The molecule has 0 saturated carbocycles. The van der Waals surface area contributed by atoms with Gasteiger partial charge in [0, 0.05) is 11.2 Å². The fourth-order valence-electron chi connectivity index (χ4n) is 1.47. The summed E-state index contributed by atoms with van der Waals surface area (Å²) in [5.74, 6) is -0.504. The minimum absolute atomic E-state index is 0.379. The number of halogens is 2. The van der Waals surface area contributed by atoms with Gasteiger partial charge in [-0.1, -0.05) is 23.2 Å². The molecule has 16 heavy (non-hydrogen) atoms. The lowest BCUT2D eigenvalue weighted by molar-refractivity contribution is 0.0994. The summed E-state index contributed by atoms with van der Waals surface area (Å²) in [7, 11) is 0. The zero-order chi connectivity index (χ0) is 11.7. The standard InChI is InChI=1S/C11H8Cl2N2O/c12-7-3-4-9(8(13)6-7)15-5-1-2-10(15)11(14)16/h1-6H,(H2,14,16). The van der Waals surface area contributed by atoms with E-state index in [1.54, 1.807) is 41.1 Å². The molecule has 0 aliphatic carbocycles. The van der Waals surface area contributed by atoms with E-state index in [1.807, 2.05) is 0 Å². The Bertz CT molecular complexity index is 549. The SMILES string of the molecule is NC(=O)c1cccn1-c1ccc(Cl)cc1Cl. The number of carbonyl (C=O) groups excluding carboxylic acids is 1. The lowest BCUT2D eigenvalue weighted by atomic mass is 10.3. The molecule has 0 aliphatic heterocycles. The number of benzene rings is 1. The molecule has 0 radical (unpaired) electrons. The van der Waals surface area contributed by atoms with Gasteiger partial charge in [0.15, 0.2) is 0 Å². The van der Waals surface area contributed by atoms with Gasteiger partial charge in [-0.2, -0.15) is 0 Å². The summed E-state index contributed by atoms with van der Waals surface area (Å²) < 4.78 is 1.63. The quantitative estimate of drug-likeness (QED) is 0.881. The Balaban J connectivity index is 2.59. The van der Waals surface area contributed by atoms with E-state index in [2.05, 4.69) is 0 Å². The van der Waals surface area contributed by atoms with Crippen molar-refractivity contribution in [1.29, 1.82) is 0 Å². The molecule has 2 aromatic rings. The van der Waals surface area contributed by atoms with Crippen LogP contribution in [0.25, 0.3) is 5.69 Å². The molecule has 0 spiro atoms. The smallest absolute Gasteiger partial charge is 0.265 e. The molecule has 1 aromatic carbocycles. The van der Waals surface area contributed by atoms with Crippen molar-refractivity contribution in [3.63, 3.8) is 0 Å². The van der Waals surface area contributed by atoms with Gasteiger partial charge in [-0.05, 0) is 30.3 Å². The van der Waals surface area contributed by atoms with Gasteiger partial charge in [-0.15, -0.1) is 0 Å². The zero-order valence-corrected chi connectivity index (χ0v) is 9.66. The van der Waals surface area contributed by atoms with Crippen LogP contribution >= 0.6 is 23.2 Å². The molecule has 2 rings (SSSR count). The normalized spacial score (nSPS) is 10.4. The van der Waals surface area contributed by atoms with Crippen LogP contribution in [0.3, 0.4) is 0 Å². The molecule has 0 fully saturated rings. The minimum Gasteiger partial charge on any atom is -0.364 e. The van der Waals surface area contributed by atoms with Crippen LogP contribution in [0, 0.1) is 0 Å². The maximum Gasteiger partial charge on any atom is 0.265 e. The van der Waals surface area contributed by atoms with Crippen LogP contribution in [0.1, 0.15) is 10.5 Å². The lowest BCUT2D eigenvalue weighted by Crippen LogP contribution is -2.15. The molecule has 3 nitrogen and oxygen atoms in total. The van der Waals surface area contributed by atoms with E-state index in [1.165, 1.54) is 0 Å². The monoisotopic (exact) mass is 254 g/mol. The third-order valence-corrected chi connectivity index (χ3v) is 2.71. The highest BCUT2D eigenvalue weighted by atomic mass is 35.5. The van der Waals surface area contributed by atoms with Crippen LogP contribution in [-0.4, -0.2) is 10.5 Å². The van der Waals surface area contributed by atoms with E-state index in [9.17, 15) is 4.79 Å². The van der Waals surface area contributed by atoms with Gasteiger partial charge < -0.3 is 10.3 Å². The Morgan fingerprint density at radius 2 is 2.00 bits per heavy atom. The number of carbonyl (C=O) groups is 1. The summed E-state index contributed by atoms with van der Waals surface area (Å²) in [6.45, 7) is 0. The zero-order valence-electron chi connectivity index (χ0n) is 8.15. The highest BCUT2D eigenvalue weighted by Crippen LogP contribution is 2.25. The summed E-state index contributed by atoms with van der Waals surface area (Å²) >= 11 is 11.8. The first-order chi connectivity index (χ1) is 7.59. The number of aromatic nitrogens is 1. The number of rotatable bonds is 2. The molecule has 5 heteroatoms. The van der Waals surface area contributed by atoms with E-state index < -0.39 is 5.91 Å². The second-order valence-electron chi connectivity index (χ2n) is 3.22. The molecule has 1 amide bonds. The molecule has 82 valence electrons. The molecule has 1 aromatic heterocycles. The van der Waals surface area contributed by atoms with E-state index in [-0.39, 0.29) is 0 Å². The predicted molar refractivity (Wildman–Crippen MR) is 64.3 cm³/mol. The van der Waals surface area contributed by atoms with Crippen LogP contribution in [0.5, 0.6) is 0 Å². The van der Waals surface area contributed by atoms with Crippen molar-refractivity contribution in [3.8, 4) is 5.69 Å². The Morgan fingerprint density at radius 1 is 1.25 bits per heavy atom. The van der Waals surface area contributed by atoms with E-state index in [0.29, 0.717) is 21.4 Å². The summed E-state index contributed by atoms with van der Waals surface area (Å²) in [5, 5.41) is 1.01. The third kappa shape index (κ3) is 1.92. The highest BCUT2D eigenvalue weighted by Gasteiger charge is 2.10. The van der Waals surface area contributed by atoms with Gasteiger partial charge in [0.05, 0.1) is 10.7 Å². The average molecular weight is 255 g/mol. The Morgan fingerprint density at radius 3 is 2.62 bits per heavy atom. The van der Waals surface area contributed by atoms with Gasteiger partial charge in [-0.25, -0.2) is 0 Å². The molecule has 0 aliphatic rings. The number of hydrogen-bond acceptors (Lipinski definition) is 1. The maximum atomic E-state index is 11.2. The van der Waals surface area contributed by atoms with Crippen LogP contribution in [0.2, 0.25) is 10.0 Å². The summed E-state index contributed by atoms with van der Waals surface area (Å²) in [4.78, 5) is 11.2. The molecular weight excluding hydrogens is 247 g/mol. The second kappa shape index (κ2) is 4.20. The van der Waals surface area contributed by atoms with Crippen LogP contribution < -0.4 is 5.73 Å². The largest absolute Gasteiger partial charge is 0.364 e. The van der Waals surface area contributed by atoms with Gasteiger partial charge in [-0.3, -0.25) is 4.79 Å². The minimum atomic E-state index is -0.504. The lowest BCUT2D eigenvalue weighted by Gasteiger charge is -2.08. The summed E-state index contributed by atoms with van der Waals surface area (Å²) in [5.41, 5.74) is 6.30. The first-order valence-electron chi connectivity index (χ1n) is 4.52. The number of amides is 1. The van der Waals surface area contributed by atoms with Crippen LogP contribution in [0.15, 0.2) is 36.5 Å². The topological polar surface area (TPSA) is 48.0 Å². The van der Waals surface area contributed by atoms with Crippen molar-refractivity contribution in [2.75, 3.05) is 0 Å². The first kappa shape index (κ1) is 11.0. The van der Waals surface area contributed by atoms with Crippen molar-refractivity contribution in [2.24, 2.45) is 5.73 Å². The van der Waals surface area contributed by atoms with Gasteiger partial charge in [0.2, 0.25) is 0 Å². The van der Waals surface area contributed by atoms with E-state index in [0.717, 1.165) is 0 Å². The maximum absolute atomic E-state index is 11.2. The third-order valence-electron chi connectivity index (χ3n) is 2.17. The fraction of sp³-hybridized carbons (Fsp3) is 0.